The number of hydrogen-bond donors (Lipinski definition) is 1. The number of fused-ring (bicyclic) bond motifs is 1. The minimum absolute atomic E-state index is 0.176. The Bertz CT molecular complexity index is 1170. The predicted octanol–water partition coefficient (Wildman–Crippen LogP) is 4.35. The lowest BCUT2D eigenvalue weighted by molar-refractivity contribution is -0.120. The number of benzene rings is 2. The molecule has 2 heterocycles. The van der Waals surface area contributed by atoms with Gasteiger partial charge in [0.25, 0.3) is 10.0 Å². The van der Waals surface area contributed by atoms with Gasteiger partial charge in [-0.25, -0.2) is 8.42 Å². The first-order valence-corrected chi connectivity index (χ1v) is 13.0. The summed E-state index contributed by atoms with van der Waals surface area (Å²) in [5.41, 5.74) is 3.67. The lowest BCUT2D eigenvalue weighted by atomic mass is 9.95. The molecule has 6 nitrogen and oxygen atoms in total. The zero-order chi connectivity index (χ0) is 22.7. The standard InChI is InChI=1S/C24H27N3O3S2/c1-3-26(4-2)21-13-11-20(12-14-21)25-24(28)22-16-18-8-5-6-9-19(18)17-27(22)32(29,30)23-10-7-15-31-23/h5-15,22H,3-4,16-17H2,1-2H3,(H,25,28). The first-order chi connectivity index (χ1) is 15.4. The average Bonchev–Trinajstić information content (AvgIpc) is 3.36. The van der Waals surface area contributed by atoms with Gasteiger partial charge in [0, 0.05) is 31.0 Å². The van der Waals surface area contributed by atoms with Gasteiger partial charge in [0.2, 0.25) is 5.91 Å². The van der Waals surface area contributed by atoms with Crippen LogP contribution in [0.15, 0.2) is 70.3 Å². The minimum Gasteiger partial charge on any atom is -0.372 e. The summed E-state index contributed by atoms with van der Waals surface area (Å²) in [5, 5.41) is 4.67. The first kappa shape index (κ1) is 22.5. The van der Waals surface area contributed by atoms with E-state index in [1.54, 1.807) is 17.5 Å². The maximum Gasteiger partial charge on any atom is 0.253 e. The summed E-state index contributed by atoms with van der Waals surface area (Å²) in [6.07, 6.45) is 0.337. The van der Waals surface area contributed by atoms with E-state index < -0.39 is 16.1 Å². The van der Waals surface area contributed by atoms with Crippen molar-refractivity contribution < 1.29 is 13.2 Å². The SMILES string of the molecule is CCN(CC)c1ccc(NC(=O)C2Cc3ccccc3CN2S(=O)(=O)c2cccs2)cc1. The van der Waals surface area contributed by atoms with Gasteiger partial charge in [-0.05, 0) is 67.1 Å². The first-order valence-electron chi connectivity index (χ1n) is 10.7. The van der Waals surface area contributed by atoms with E-state index in [9.17, 15) is 13.2 Å². The summed E-state index contributed by atoms with van der Waals surface area (Å²) in [4.78, 5) is 15.5. The molecule has 1 aromatic heterocycles. The van der Waals surface area contributed by atoms with Gasteiger partial charge in [-0.2, -0.15) is 4.31 Å². The lowest BCUT2D eigenvalue weighted by Crippen LogP contribution is -2.50. The highest BCUT2D eigenvalue weighted by molar-refractivity contribution is 7.91. The van der Waals surface area contributed by atoms with E-state index in [2.05, 4.69) is 24.1 Å². The molecule has 3 aromatic rings. The zero-order valence-electron chi connectivity index (χ0n) is 18.2. The number of carbonyl (C=O) groups is 1. The fraction of sp³-hybridized carbons (Fsp3) is 0.292. The number of anilines is 2. The lowest BCUT2D eigenvalue weighted by Gasteiger charge is -2.34. The Kier molecular flexibility index (Phi) is 6.64. The number of amides is 1. The van der Waals surface area contributed by atoms with Crippen LogP contribution in [-0.4, -0.2) is 37.8 Å². The highest BCUT2D eigenvalue weighted by atomic mass is 32.2. The third-order valence-corrected chi connectivity index (χ3v) is 9.06. The molecule has 1 N–H and O–H groups in total. The second kappa shape index (κ2) is 9.44. The molecule has 1 aliphatic rings. The molecule has 0 saturated heterocycles. The molecule has 4 rings (SSSR count). The van der Waals surface area contributed by atoms with Crippen LogP contribution in [0, 0.1) is 0 Å². The van der Waals surface area contributed by atoms with Crippen molar-refractivity contribution in [3.05, 3.63) is 77.2 Å². The van der Waals surface area contributed by atoms with Crippen molar-refractivity contribution >= 4 is 38.6 Å². The van der Waals surface area contributed by atoms with Crippen molar-refractivity contribution in [2.75, 3.05) is 23.3 Å². The third kappa shape index (κ3) is 4.44. The van der Waals surface area contributed by atoms with E-state index in [1.165, 1.54) is 15.6 Å². The second-order valence-electron chi connectivity index (χ2n) is 7.68. The smallest absolute Gasteiger partial charge is 0.253 e. The highest BCUT2D eigenvalue weighted by Crippen LogP contribution is 2.31. The van der Waals surface area contributed by atoms with Crippen LogP contribution in [0.1, 0.15) is 25.0 Å². The molecule has 1 amide bonds. The van der Waals surface area contributed by atoms with Gasteiger partial charge in [-0.3, -0.25) is 4.79 Å². The molecule has 1 aliphatic heterocycles. The summed E-state index contributed by atoms with van der Waals surface area (Å²) < 4.78 is 28.3. The maximum absolute atomic E-state index is 13.4. The zero-order valence-corrected chi connectivity index (χ0v) is 19.8. The fourth-order valence-electron chi connectivity index (χ4n) is 4.07. The summed E-state index contributed by atoms with van der Waals surface area (Å²) >= 11 is 1.17. The van der Waals surface area contributed by atoms with Crippen LogP contribution in [0.2, 0.25) is 0 Å². The maximum atomic E-state index is 13.4. The molecule has 1 atom stereocenters. The fourth-order valence-corrected chi connectivity index (χ4v) is 6.76. The Balaban J connectivity index is 1.61. The van der Waals surface area contributed by atoms with Gasteiger partial charge in [-0.1, -0.05) is 30.3 Å². The van der Waals surface area contributed by atoms with Crippen LogP contribution in [0.25, 0.3) is 0 Å². The number of thiophene rings is 1. The summed E-state index contributed by atoms with van der Waals surface area (Å²) in [6, 6.07) is 17.8. The Morgan fingerprint density at radius 2 is 1.72 bits per heavy atom. The van der Waals surface area contributed by atoms with E-state index in [0.29, 0.717) is 12.1 Å². The summed E-state index contributed by atoms with van der Waals surface area (Å²) in [7, 11) is -3.79. The Morgan fingerprint density at radius 3 is 2.34 bits per heavy atom. The number of nitrogens with one attached hydrogen (secondary N) is 1. The Hall–Kier alpha value is -2.68. The molecule has 0 bridgehead atoms. The van der Waals surface area contributed by atoms with Crippen molar-refractivity contribution in [2.45, 2.75) is 37.1 Å². The van der Waals surface area contributed by atoms with Gasteiger partial charge in [-0.15, -0.1) is 11.3 Å². The molecule has 168 valence electrons. The van der Waals surface area contributed by atoms with Gasteiger partial charge < -0.3 is 10.2 Å². The van der Waals surface area contributed by atoms with E-state index in [-0.39, 0.29) is 16.7 Å². The van der Waals surface area contributed by atoms with Crippen LogP contribution < -0.4 is 10.2 Å². The third-order valence-electron chi connectivity index (χ3n) is 5.83. The molecule has 0 fully saturated rings. The van der Waals surface area contributed by atoms with Gasteiger partial charge in [0.05, 0.1) is 0 Å². The van der Waals surface area contributed by atoms with Crippen molar-refractivity contribution in [1.29, 1.82) is 0 Å². The molecular formula is C24H27N3O3S2. The van der Waals surface area contributed by atoms with Crippen molar-refractivity contribution in [3.63, 3.8) is 0 Å². The molecule has 0 spiro atoms. The van der Waals surface area contributed by atoms with Crippen molar-refractivity contribution in [1.82, 2.24) is 4.31 Å². The van der Waals surface area contributed by atoms with Crippen LogP contribution in [0.3, 0.4) is 0 Å². The van der Waals surface area contributed by atoms with E-state index >= 15 is 0 Å². The minimum atomic E-state index is -3.79. The second-order valence-corrected chi connectivity index (χ2v) is 10.7. The average molecular weight is 470 g/mol. The molecule has 32 heavy (non-hydrogen) atoms. The molecule has 0 radical (unpaired) electrons. The largest absolute Gasteiger partial charge is 0.372 e. The van der Waals surface area contributed by atoms with Crippen molar-refractivity contribution in [2.24, 2.45) is 0 Å². The number of carbonyl (C=O) groups excluding carboxylic acids is 1. The topological polar surface area (TPSA) is 69.7 Å². The van der Waals surface area contributed by atoms with Gasteiger partial charge in [0.15, 0.2) is 0 Å². The number of sulfonamides is 1. The van der Waals surface area contributed by atoms with Gasteiger partial charge in [0.1, 0.15) is 10.3 Å². The quantitative estimate of drug-likeness (QED) is 0.559. The van der Waals surface area contributed by atoms with Crippen molar-refractivity contribution in [3.8, 4) is 0 Å². The number of rotatable bonds is 7. The molecule has 1 unspecified atom stereocenters. The molecule has 0 aliphatic carbocycles. The van der Waals surface area contributed by atoms with E-state index in [4.69, 9.17) is 0 Å². The monoisotopic (exact) mass is 469 g/mol. The van der Waals surface area contributed by atoms with Crippen LogP contribution in [0.5, 0.6) is 0 Å². The van der Waals surface area contributed by atoms with Crippen LogP contribution in [0.4, 0.5) is 11.4 Å². The predicted molar refractivity (Wildman–Crippen MR) is 130 cm³/mol. The normalized spacial score (nSPS) is 16.4. The van der Waals surface area contributed by atoms with E-state index in [0.717, 1.165) is 29.9 Å². The number of hydrogen-bond acceptors (Lipinski definition) is 5. The molecular weight excluding hydrogens is 442 g/mol. The highest BCUT2D eigenvalue weighted by Gasteiger charge is 2.40. The Labute approximate surface area is 193 Å². The van der Waals surface area contributed by atoms with Crippen LogP contribution >= 0.6 is 11.3 Å². The van der Waals surface area contributed by atoms with Crippen LogP contribution in [-0.2, 0) is 27.8 Å². The number of nitrogens with zero attached hydrogens (tertiary/aromatic N) is 2. The van der Waals surface area contributed by atoms with Gasteiger partial charge >= 0.3 is 0 Å². The Morgan fingerprint density at radius 1 is 1.03 bits per heavy atom. The molecule has 0 saturated carbocycles. The van der Waals surface area contributed by atoms with E-state index in [1.807, 2.05) is 48.5 Å². The summed E-state index contributed by atoms with van der Waals surface area (Å²) in [5.74, 6) is -0.324. The molecule has 8 heteroatoms. The molecule has 2 aromatic carbocycles. The summed E-state index contributed by atoms with van der Waals surface area (Å²) in [6.45, 7) is 6.18.